The molecule has 0 bridgehead atoms. The van der Waals surface area contributed by atoms with E-state index in [0.717, 1.165) is 18.8 Å². The normalized spacial score (nSPS) is 26.0. The van der Waals surface area contributed by atoms with E-state index in [-0.39, 0.29) is 0 Å². The highest BCUT2D eigenvalue weighted by molar-refractivity contribution is 4.87. The first-order valence-electron chi connectivity index (χ1n) is 4.54. The smallest absolute Gasteiger partial charge is 0.132 e. The Morgan fingerprint density at radius 3 is 3.60 bits per heavy atom. The monoisotopic (exact) mass is 139 g/mol. The van der Waals surface area contributed by atoms with Gasteiger partial charge in [0.2, 0.25) is 0 Å². The van der Waals surface area contributed by atoms with Gasteiger partial charge in [-0.2, -0.15) is 0 Å². The van der Waals surface area contributed by atoms with Crippen molar-refractivity contribution in [2.24, 2.45) is 0 Å². The molecule has 0 N–H and O–H groups in total. The van der Waals surface area contributed by atoms with Crippen molar-refractivity contribution < 1.29 is 2.74 Å². The van der Waals surface area contributed by atoms with Gasteiger partial charge in [-0.15, -0.1) is 10.2 Å². The van der Waals surface area contributed by atoms with E-state index in [9.17, 15) is 0 Å². The number of rotatable bonds is 0. The Morgan fingerprint density at radius 1 is 1.60 bits per heavy atom. The minimum Gasteiger partial charge on any atom is -0.318 e. The van der Waals surface area contributed by atoms with Gasteiger partial charge >= 0.3 is 0 Å². The van der Waals surface area contributed by atoms with Crippen LogP contribution >= 0.6 is 0 Å². The molecule has 2 heterocycles. The lowest BCUT2D eigenvalue weighted by Gasteiger charge is -1.97. The van der Waals surface area contributed by atoms with E-state index in [2.05, 4.69) is 10.2 Å². The molecule has 1 aromatic heterocycles. The number of aromatic nitrogens is 3. The Kier molecular flexibility index (Phi) is 0.988. The Morgan fingerprint density at radius 2 is 2.60 bits per heavy atom. The van der Waals surface area contributed by atoms with Crippen LogP contribution in [0.15, 0.2) is 6.33 Å². The van der Waals surface area contributed by atoms with E-state index in [1.165, 1.54) is 0 Å². The van der Waals surface area contributed by atoms with Gasteiger partial charge in [-0.3, -0.25) is 0 Å². The average molecular weight is 139 g/mol. The van der Waals surface area contributed by atoms with E-state index < -0.39 is 6.37 Å². The van der Waals surface area contributed by atoms with Gasteiger partial charge in [0.05, 0.1) is 0 Å². The summed E-state index contributed by atoms with van der Waals surface area (Å²) in [5.41, 5.74) is 0. The van der Waals surface area contributed by atoms with Crippen molar-refractivity contribution >= 4 is 0 Å². The van der Waals surface area contributed by atoms with Crippen LogP contribution in [0.2, 0.25) is 0 Å². The summed E-state index contributed by atoms with van der Waals surface area (Å²) in [6.45, 7) is 0.849. The molecular formula is C7H11N3. The van der Waals surface area contributed by atoms with Gasteiger partial charge in [0, 0.05) is 15.7 Å². The van der Waals surface area contributed by atoms with Gasteiger partial charge in [0.1, 0.15) is 12.2 Å². The Bertz CT molecular complexity index is 282. The minimum atomic E-state index is -1.10. The maximum Gasteiger partial charge on any atom is 0.132 e. The molecule has 0 unspecified atom stereocenters. The molecule has 0 fully saturated rings. The SMILES string of the molecule is [2H]C1([2H])CCCn2cnnc2C1. The molecule has 1 aliphatic heterocycles. The van der Waals surface area contributed by atoms with Crippen LogP contribution in [-0.2, 0) is 13.0 Å². The van der Waals surface area contributed by atoms with Crippen LogP contribution in [0.1, 0.15) is 27.8 Å². The maximum atomic E-state index is 7.62. The summed E-state index contributed by atoms with van der Waals surface area (Å²) in [5.74, 6) is 0.775. The summed E-state index contributed by atoms with van der Waals surface area (Å²) < 4.78 is 17.2. The van der Waals surface area contributed by atoms with Gasteiger partial charge in [-0.25, -0.2) is 0 Å². The van der Waals surface area contributed by atoms with E-state index in [0.29, 0.717) is 12.8 Å². The summed E-state index contributed by atoms with van der Waals surface area (Å²) in [6.07, 6.45) is 2.47. The number of hydrogen-bond donors (Lipinski definition) is 0. The van der Waals surface area contributed by atoms with Gasteiger partial charge < -0.3 is 4.57 Å². The third-order valence-corrected chi connectivity index (χ3v) is 1.73. The highest BCUT2D eigenvalue weighted by Gasteiger charge is 2.06. The molecule has 3 nitrogen and oxygen atoms in total. The van der Waals surface area contributed by atoms with Crippen molar-refractivity contribution in [1.29, 1.82) is 0 Å². The molecule has 0 amide bonds. The number of fused-ring (bicyclic) bond motifs is 1. The van der Waals surface area contributed by atoms with E-state index >= 15 is 0 Å². The van der Waals surface area contributed by atoms with Crippen molar-refractivity contribution in [2.75, 3.05) is 0 Å². The molecule has 1 aliphatic rings. The lowest BCUT2D eigenvalue weighted by atomic mass is 10.2. The predicted molar refractivity (Wildman–Crippen MR) is 37.6 cm³/mol. The van der Waals surface area contributed by atoms with Gasteiger partial charge in [-0.1, -0.05) is 6.42 Å². The first-order valence-corrected chi connectivity index (χ1v) is 3.54. The van der Waals surface area contributed by atoms with Crippen LogP contribution in [0.5, 0.6) is 0 Å². The summed E-state index contributed by atoms with van der Waals surface area (Å²) >= 11 is 0. The lowest BCUT2D eigenvalue weighted by molar-refractivity contribution is 0.632. The second-order valence-corrected chi connectivity index (χ2v) is 2.47. The number of aryl methyl sites for hydroxylation is 2. The molecule has 0 spiro atoms. The molecule has 3 heteroatoms. The molecule has 10 heavy (non-hydrogen) atoms. The van der Waals surface area contributed by atoms with Gasteiger partial charge in [-0.05, 0) is 12.8 Å². The Hall–Kier alpha value is -0.860. The molecule has 1 aromatic rings. The fraction of sp³-hybridized carbons (Fsp3) is 0.714. The van der Waals surface area contributed by atoms with E-state index in [1.807, 2.05) is 4.57 Å². The van der Waals surface area contributed by atoms with Crippen molar-refractivity contribution in [3.8, 4) is 0 Å². The van der Waals surface area contributed by atoms with Crippen LogP contribution in [0, 0.1) is 0 Å². The van der Waals surface area contributed by atoms with Crippen molar-refractivity contribution in [1.82, 2.24) is 14.8 Å². The van der Waals surface area contributed by atoms with Crippen molar-refractivity contribution in [2.45, 2.75) is 32.2 Å². The summed E-state index contributed by atoms with van der Waals surface area (Å²) in [5, 5.41) is 7.64. The predicted octanol–water partition coefficient (Wildman–Crippen LogP) is 1.00. The van der Waals surface area contributed by atoms with Gasteiger partial charge in [0.15, 0.2) is 0 Å². The first kappa shape index (κ1) is 4.11. The number of nitrogens with zero attached hydrogens (tertiary/aromatic N) is 3. The molecule has 54 valence electrons. The molecule has 0 saturated heterocycles. The van der Waals surface area contributed by atoms with Crippen LogP contribution in [0.3, 0.4) is 0 Å². The van der Waals surface area contributed by atoms with E-state index in [1.54, 1.807) is 6.33 Å². The molecule has 0 radical (unpaired) electrons. The summed E-state index contributed by atoms with van der Waals surface area (Å²) in [4.78, 5) is 0. The topological polar surface area (TPSA) is 30.7 Å². The summed E-state index contributed by atoms with van der Waals surface area (Å²) in [6, 6.07) is 0. The molecule has 0 aliphatic carbocycles. The van der Waals surface area contributed by atoms with Crippen LogP contribution in [0.4, 0.5) is 0 Å². The quantitative estimate of drug-likeness (QED) is 0.537. The largest absolute Gasteiger partial charge is 0.318 e. The van der Waals surface area contributed by atoms with Crippen molar-refractivity contribution in [3.05, 3.63) is 12.2 Å². The van der Waals surface area contributed by atoms with Crippen LogP contribution in [-0.4, -0.2) is 14.8 Å². The first-order chi connectivity index (χ1) is 5.67. The molecule has 2 rings (SSSR count). The van der Waals surface area contributed by atoms with Crippen molar-refractivity contribution in [3.63, 3.8) is 0 Å². The fourth-order valence-corrected chi connectivity index (χ4v) is 1.18. The van der Waals surface area contributed by atoms with Crippen LogP contribution < -0.4 is 0 Å². The molecule has 0 atom stereocenters. The van der Waals surface area contributed by atoms with Crippen LogP contribution in [0.25, 0.3) is 0 Å². The zero-order valence-electron chi connectivity index (χ0n) is 7.75. The maximum absolute atomic E-state index is 7.62. The second kappa shape index (κ2) is 2.40. The minimum absolute atomic E-state index is 0.396. The number of hydrogen-bond acceptors (Lipinski definition) is 2. The zero-order chi connectivity index (χ0) is 8.60. The third-order valence-electron chi connectivity index (χ3n) is 1.73. The molecular weight excluding hydrogens is 126 g/mol. The standard InChI is InChI=1S/C7H11N3/c1-2-4-7-9-8-6-10(7)5-3-1/h6H,1-5H2/i2D2. The highest BCUT2D eigenvalue weighted by atomic mass is 15.3. The highest BCUT2D eigenvalue weighted by Crippen LogP contribution is 2.10. The summed E-state index contributed by atoms with van der Waals surface area (Å²) in [7, 11) is 0. The fourth-order valence-electron chi connectivity index (χ4n) is 1.18. The Balaban J connectivity index is 2.30. The molecule has 0 aromatic carbocycles. The van der Waals surface area contributed by atoms with E-state index in [4.69, 9.17) is 2.74 Å². The van der Waals surface area contributed by atoms with Gasteiger partial charge in [0.25, 0.3) is 0 Å². The molecule has 0 saturated carbocycles. The second-order valence-electron chi connectivity index (χ2n) is 2.47. The Labute approximate surface area is 62.9 Å². The zero-order valence-corrected chi connectivity index (χ0v) is 5.75. The third kappa shape index (κ3) is 0.916. The lowest BCUT2D eigenvalue weighted by Crippen LogP contribution is -1.98. The average Bonchev–Trinajstić information content (AvgIpc) is 2.31.